The molecule has 2 fully saturated rings. The Bertz CT molecular complexity index is 222. The van der Waals surface area contributed by atoms with Gasteiger partial charge in [0.15, 0.2) is 0 Å². The molecule has 2 saturated heterocycles. The van der Waals surface area contributed by atoms with Gasteiger partial charge in [0.25, 0.3) is 0 Å². The number of rotatable bonds is 0. The summed E-state index contributed by atoms with van der Waals surface area (Å²) >= 11 is 1.71. The van der Waals surface area contributed by atoms with E-state index in [1.807, 2.05) is 0 Å². The molecule has 2 aliphatic rings. The SMILES string of the molecule is N#CC1CS[C@@H]2CC(=O)N12. The lowest BCUT2D eigenvalue weighted by Crippen LogP contribution is -2.51. The predicted molar refractivity (Wildman–Crippen MR) is 37.1 cm³/mol. The molecule has 0 N–H and O–H groups in total. The molecule has 10 heavy (non-hydrogen) atoms. The summed E-state index contributed by atoms with van der Waals surface area (Å²) in [4.78, 5) is 12.5. The topological polar surface area (TPSA) is 44.1 Å². The zero-order chi connectivity index (χ0) is 7.14. The molecule has 2 heterocycles. The second-order valence-corrected chi connectivity index (χ2v) is 3.65. The number of nitrogens with zero attached hydrogens (tertiary/aromatic N) is 2. The number of amides is 1. The van der Waals surface area contributed by atoms with Crippen LogP contribution in [0, 0.1) is 11.3 Å². The number of hydrogen-bond donors (Lipinski definition) is 0. The van der Waals surface area contributed by atoms with E-state index in [4.69, 9.17) is 5.26 Å². The Labute approximate surface area is 63.0 Å². The zero-order valence-electron chi connectivity index (χ0n) is 5.28. The first kappa shape index (κ1) is 6.05. The lowest BCUT2D eigenvalue weighted by atomic mass is 10.1. The van der Waals surface area contributed by atoms with Crippen molar-refractivity contribution >= 4 is 17.7 Å². The molecule has 0 radical (unpaired) electrons. The van der Waals surface area contributed by atoms with Gasteiger partial charge in [0.2, 0.25) is 5.91 Å². The maximum atomic E-state index is 10.8. The molecular weight excluding hydrogens is 148 g/mol. The summed E-state index contributed by atoms with van der Waals surface area (Å²) < 4.78 is 0. The molecule has 0 aromatic heterocycles. The third-order valence-electron chi connectivity index (χ3n) is 1.88. The van der Waals surface area contributed by atoms with Gasteiger partial charge < -0.3 is 4.90 Å². The van der Waals surface area contributed by atoms with Crippen molar-refractivity contribution in [2.45, 2.75) is 17.8 Å². The number of hydrogen-bond acceptors (Lipinski definition) is 3. The van der Waals surface area contributed by atoms with E-state index in [1.165, 1.54) is 0 Å². The Morgan fingerprint density at radius 1 is 1.80 bits per heavy atom. The number of β-lactam (4-membered cyclic amide) rings is 1. The quantitative estimate of drug-likeness (QED) is 0.468. The number of carbonyl (C=O) groups excluding carboxylic acids is 1. The molecule has 1 unspecified atom stereocenters. The molecule has 0 aromatic carbocycles. The minimum absolute atomic E-state index is 0.140. The Morgan fingerprint density at radius 3 is 3.10 bits per heavy atom. The third kappa shape index (κ3) is 0.585. The van der Waals surface area contributed by atoms with E-state index in [0.717, 1.165) is 5.75 Å². The first-order valence-corrected chi connectivity index (χ1v) is 4.20. The standard InChI is InChI=1S/C6H6N2OS/c7-2-4-3-10-6-1-5(9)8(4)6/h4,6H,1,3H2/t4?,6-/m1/s1. The van der Waals surface area contributed by atoms with Gasteiger partial charge in [-0.1, -0.05) is 0 Å². The summed E-state index contributed by atoms with van der Waals surface area (Å²) in [5.41, 5.74) is 0. The van der Waals surface area contributed by atoms with Gasteiger partial charge >= 0.3 is 0 Å². The first-order chi connectivity index (χ1) is 4.83. The largest absolute Gasteiger partial charge is 0.313 e. The molecule has 2 rings (SSSR count). The van der Waals surface area contributed by atoms with Crippen LogP contribution in [0.25, 0.3) is 0 Å². The Balaban J connectivity index is 2.16. The van der Waals surface area contributed by atoms with Crippen LogP contribution in [0.5, 0.6) is 0 Å². The lowest BCUT2D eigenvalue weighted by molar-refractivity contribution is -0.141. The number of fused-ring (bicyclic) bond motifs is 1. The van der Waals surface area contributed by atoms with Gasteiger partial charge in [-0.25, -0.2) is 0 Å². The van der Waals surface area contributed by atoms with Crippen LogP contribution in [0.2, 0.25) is 0 Å². The van der Waals surface area contributed by atoms with Gasteiger partial charge in [-0.05, 0) is 0 Å². The smallest absolute Gasteiger partial charge is 0.227 e. The summed E-state index contributed by atoms with van der Waals surface area (Å²) in [5.74, 6) is 0.939. The first-order valence-electron chi connectivity index (χ1n) is 3.15. The minimum atomic E-state index is -0.142. The van der Waals surface area contributed by atoms with E-state index >= 15 is 0 Å². The fraction of sp³-hybridized carbons (Fsp3) is 0.667. The maximum absolute atomic E-state index is 10.8. The minimum Gasteiger partial charge on any atom is -0.313 e. The molecule has 4 heteroatoms. The molecule has 0 bridgehead atoms. The Morgan fingerprint density at radius 2 is 2.60 bits per heavy atom. The fourth-order valence-corrected chi connectivity index (χ4v) is 2.62. The lowest BCUT2D eigenvalue weighted by Gasteiger charge is -2.34. The summed E-state index contributed by atoms with van der Waals surface area (Å²) in [5, 5.41) is 8.88. The maximum Gasteiger partial charge on any atom is 0.227 e. The van der Waals surface area contributed by atoms with E-state index in [2.05, 4.69) is 6.07 Å². The van der Waals surface area contributed by atoms with E-state index in [-0.39, 0.29) is 11.9 Å². The van der Waals surface area contributed by atoms with Gasteiger partial charge in [-0.15, -0.1) is 11.8 Å². The van der Waals surface area contributed by atoms with Crippen LogP contribution in [0.3, 0.4) is 0 Å². The van der Waals surface area contributed by atoms with Crippen LogP contribution in [-0.4, -0.2) is 28.0 Å². The van der Waals surface area contributed by atoms with Crippen molar-refractivity contribution in [1.29, 1.82) is 5.26 Å². The van der Waals surface area contributed by atoms with Gasteiger partial charge in [0.1, 0.15) is 6.04 Å². The zero-order valence-corrected chi connectivity index (χ0v) is 6.10. The fourth-order valence-electron chi connectivity index (χ4n) is 1.30. The van der Waals surface area contributed by atoms with E-state index in [1.54, 1.807) is 16.7 Å². The van der Waals surface area contributed by atoms with Crippen LogP contribution in [0.4, 0.5) is 0 Å². The van der Waals surface area contributed by atoms with Gasteiger partial charge in [-0.2, -0.15) is 5.26 Å². The van der Waals surface area contributed by atoms with E-state index < -0.39 is 0 Å². The van der Waals surface area contributed by atoms with Gasteiger partial charge in [-0.3, -0.25) is 4.79 Å². The molecule has 0 saturated carbocycles. The summed E-state index contributed by atoms with van der Waals surface area (Å²) in [6.45, 7) is 0. The number of nitriles is 1. The van der Waals surface area contributed by atoms with Crippen molar-refractivity contribution < 1.29 is 4.79 Å². The Kier molecular flexibility index (Phi) is 1.15. The predicted octanol–water partition coefficient (Wildman–Crippen LogP) is 0.184. The van der Waals surface area contributed by atoms with Crippen LogP contribution >= 0.6 is 11.8 Å². The van der Waals surface area contributed by atoms with Crippen molar-refractivity contribution in [2.75, 3.05) is 5.75 Å². The summed E-state index contributed by atoms with van der Waals surface area (Å²) in [7, 11) is 0. The molecule has 0 aromatic rings. The molecule has 2 atom stereocenters. The van der Waals surface area contributed by atoms with E-state index in [9.17, 15) is 4.79 Å². The average Bonchev–Trinajstić information content (AvgIpc) is 2.25. The van der Waals surface area contributed by atoms with Gasteiger partial charge in [0.05, 0.1) is 17.9 Å². The highest BCUT2D eigenvalue weighted by Gasteiger charge is 2.46. The molecule has 0 aliphatic carbocycles. The molecule has 52 valence electrons. The molecule has 0 spiro atoms. The number of thioether (sulfide) groups is 1. The van der Waals surface area contributed by atoms with Crippen molar-refractivity contribution in [3.8, 4) is 6.07 Å². The Hall–Kier alpha value is -0.690. The summed E-state index contributed by atoms with van der Waals surface area (Å²) in [6.07, 6.45) is 0.642. The van der Waals surface area contributed by atoms with Crippen LogP contribution < -0.4 is 0 Å². The highest BCUT2D eigenvalue weighted by Crippen LogP contribution is 2.38. The normalized spacial score (nSPS) is 36.7. The van der Waals surface area contributed by atoms with Crippen LogP contribution in [-0.2, 0) is 4.79 Å². The highest BCUT2D eigenvalue weighted by molar-refractivity contribution is 8.00. The summed E-state index contributed by atoms with van der Waals surface area (Å²) in [6, 6.07) is 1.97. The molecule has 3 nitrogen and oxygen atoms in total. The third-order valence-corrected chi connectivity index (χ3v) is 3.17. The van der Waals surface area contributed by atoms with Crippen molar-refractivity contribution in [3.05, 3.63) is 0 Å². The monoisotopic (exact) mass is 154 g/mol. The van der Waals surface area contributed by atoms with Crippen molar-refractivity contribution in [1.82, 2.24) is 4.90 Å². The molecule has 1 amide bonds. The van der Waals surface area contributed by atoms with Gasteiger partial charge in [0, 0.05) is 5.75 Å². The van der Waals surface area contributed by atoms with Crippen molar-refractivity contribution in [2.24, 2.45) is 0 Å². The number of carbonyl (C=O) groups is 1. The van der Waals surface area contributed by atoms with Crippen LogP contribution in [0.1, 0.15) is 6.42 Å². The second-order valence-electron chi connectivity index (χ2n) is 2.44. The molecular formula is C6H6N2OS. The average molecular weight is 154 g/mol. The highest BCUT2D eigenvalue weighted by atomic mass is 32.2. The van der Waals surface area contributed by atoms with Crippen molar-refractivity contribution in [3.63, 3.8) is 0 Å². The van der Waals surface area contributed by atoms with Crippen LogP contribution in [0.15, 0.2) is 0 Å². The second kappa shape index (κ2) is 1.89. The molecule has 2 aliphatic heterocycles. The van der Waals surface area contributed by atoms with E-state index in [0.29, 0.717) is 11.8 Å².